The third kappa shape index (κ3) is 2.99. The van der Waals surface area contributed by atoms with Gasteiger partial charge in [0.1, 0.15) is 0 Å². The Morgan fingerprint density at radius 2 is 1.95 bits per heavy atom. The molecule has 0 aromatic heterocycles. The summed E-state index contributed by atoms with van der Waals surface area (Å²) in [6.07, 6.45) is 0. The molecule has 106 valence electrons. The summed E-state index contributed by atoms with van der Waals surface area (Å²) >= 11 is 0. The van der Waals surface area contributed by atoms with Crippen LogP contribution in [0.15, 0.2) is 42.5 Å². The lowest BCUT2D eigenvalue weighted by atomic mass is 9.95. The molecular weight excluding hydrogens is 253 g/mol. The Labute approximate surface area is 119 Å². The monoisotopic (exact) mass is 273 g/mol. The summed E-state index contributed by atoms with van der Waals surface area (Å²) in [5.41, 5.74) is 3.07. The average Bonchev–Trinajstić information content (AvgIpc) is 2.47. The van der Waals surface area contributed by atoms with Crippen molar-refractivity contribution in [3.63, 3.8) is 0 Å². The van der Waals surface area contributed by atoms with E-state index in [1.807, 2.05) is 24.3 Å². The second kappa shape index (κ2) is 6.53. The Morgan fingerprint density at radius 1 is 1.20 bits per heavy atom. The van der Waals surface area contributed by atoms with E-state index in [4.69, 9.17) is 4.74 Å². The van der Waals surface area contributed by atoms with Crippen molar-refractivity contribution in [1.82, 2.24) is 5.32 Å². The van der Waals surface area contributed by atoms with Gasteiger partial charge in [0.15, 0.2) is 11.6 Å². The quantitative estimate of drug-likeness (QED) is 0.882. The van der Waals surface area contributed by atoms with E-state index in [1.54, 1.807) is 6.07 Å². The molecule has 1 N–H and O–H groups in total. The van der Waals surface area contributed by atoms with Crippen LogP contribution in [0.3, 0.4) is 0 Å². The molecule has 0 spiro atoms. The van der Waals surface area contributed by atoms with Gasteiger partial charge in [-0.3, -0.25) is 0 Å². The SMILES string of the molecule is CCNC(C)c1ccccc1-c1ccc(OC)c(F)c1. The second-order valence-corrected chi connectivity index (χ2v) is 4.72. The van der Waals surface area contributed by atoms with Gasteiger partial charge in [-0.25, -0.2) is 4.39 Å². The van der Waals surface area contributed by atoms with Gasteiger partial charge in [-0.05, 0) is 42.3 Å². The number of hydrogen-bond acceptors (Lipinski definition) is 2. The zero-order chi connectivity index (χ0) is 14.5. The van der Waals surface area contributed by atoms with Gasteiger partial charge in [0.2, 0.25) is 0 Å². The van der Waals surface area contributed by atoms with Crippen molar-refractivity contribution < 1.29 is 9.13 Å². The third-order valence-electron chi connectivity index (χ3n) is 3.40. The highest BCUT2D eigenvalue weighted by atomic mass is 19.1. The van der Waals surface area contributed by atoms with Crippen LogP contribution >= 0.6 is 0 Å². The summed E-state index contributed by atoms with van der Waals surface area (Å²) in [7, 11) is 1.47. The number of methoxy groups -OCH3 is 1. The van der Waals surface area contributed by atoms with Gasteiger partial charge in [-0.2, -0.15) is 0 Å². The van der Waals surface area contributed by atoms with Crippen LogP contribution in [0.1, 0.15) is 25.5 Å². The van der Waals surface area contributed by atoms with E-state index in [1.165, 1.54) is 18.7 Å². The summed E-state index contributed by atoms with van der Waals surface area (Å²) in [5, 5.41) is 3.39. The predicted octanol–water partition coefficient (Wildman–Crippen LogP) is 4.17. The molecule has 0 heterocycles. The lowest BCUT2D eigenvalue weighted by Crippen LogP contribution is -2.18. The molecule has 0 saturated carbocycles. The first kappa shape index (κ1) is 14.5. The van der Waals surface area contributed by atoms with Gasteiger partial charge < -0.3 is 10.1 Å². The first-order chi connectivity index (χ1) is 9.67. The molecule has 0 fully saturated rings. The normalized spacial score (nSPS) is 12.2. The Bertz CT molecular complexity index is 583. The number of hydrogen-bond donors (Lipinski definition) is 1. The molecule has 20 heavy (non-hydrogen) atoms. The molecule has 1 unspecified atom stereocenters. The van der Waals surface area contributed by atoms with Crippen LogP contribution in [0.25, 0.3) is 11.1 Å². The van der Waals surface area contributed by atoms with Crippen LogP contribution < -0.4 is 10.1 Å². The van der Waals surface area contributed by atoms with Gasteiger partial charge in [-0.15, -0.1) is 0 Å². The minimum atomic E-state index is -0.337. The first-order valence-electron chi connectivity index (χ1n) is 6.83. The van der Waals surface area contributed by atoms with E-state index in [2.05, 4.69) is 25.2 Å². The molecule has 0 aliphatic heterocycles. The van der Waals surface area contributed by atoms with E-state index < -0.39 is 0 Å². The van der Waals surface area contributed by atoms with Crippen LogP contribution in [0.2, 0.25) is 0 Å². The molecule has 2 aromatic carbocycles. The van der Waals surface area contributed by atoms with Crippen molar-refractivity contribution in [1.29, 1.82) is 0 Å². The van der Waals surface area contributed by atoms with Crippen LogP contribution in [-0.4, -0.2) is 13.7 Å². The van der Waals surface area contributed by atoms with Gasteiger partial charge in [0.25, 0.3) is 0 Å². The van der Waals surface area contributed by atoms with Crippen LogP contribution in [-0.2, 0) is 0 Å². The zero-order valence-corrected chi connectivity index (χ0v) is 12.1. The Hall–Kier alpha value is -1.87. The summed E-state index contributed by atoms with van der Waals surface area (Å²) in [5.74, 6) is -0.0677. The standard InChI is InChI=1S/C17H20FNO/c1-4-19-12(2)14-7-5-6-8-15(14)13-9-10-17(20-3)16(18)11-13/h5-12,19H,4H2,1-3H3. The summed E-state index contributed by atoms with van der Waals surface area (Å²) in [6.45, 7) is 5.08. The highest BCUT2D eigenvalue weighted by Crippen LogP contribution is 2.30. The minimum Gasteiger partial charge on any atom is -0.494 e. The average molecular weight is 273 g/mol. The lowest BCUT2D eigenvalue weighted by molar-refractivity contribution is 0.386. The smallest absolute Gasteiger partial charge is 0.165 e. The third-order valence-corrected chi connectivity index (χ3v) is 3.40. The van der Waals surface area contributed by atoms with Crippen molar-refractivity contribution in [2.75, 3.05) is 13.7 Å². The molecule has 1 atom stereocenters. The summed E-state index contributed by atoms with van der Waals surface area (Å²) in [6, 6.07) is 13.4. The van der Waals surface area contributed by atoms with E-state index in [-0.39, 0.29) is 17.6 Å². The van der Waals surface area contributed by atoms with E-state index in [0.717, 1.165) is 17.7 Å². The molecule has 0 bridgehead atoms. The Balaban J connectivity index is 2.44. The van der Waals surface area contributed by atoms with Gasteiger partial charge in [0.05, 0.1) is 7.11 Å². The zero-order valence-electron chi connectivity index (χ0n) is 12.1. The Kier molecular flexibility index (Phi) is 4.74. The van der Waals surface area contributed by atoms with Crippen LogP contribution in [0.5, 0.6) is 5.75 Å². The fourth-order valence-corrected chi connectivity index (χ4v) is 2.39. The maximum absolute atomic E-state index is 13.9. The molecule has 0 amide bonds. The Morgan fingerprint density at radius 3 is 2.60 bits per heavy atom. The molecule has 0 radical (unpaired) electrons. The fourth-order valence-electron chi connectivity index (χ4n) is 2.39. The lowest BCUT2D eigenvalue weighted by Gasteiger charge is -2.17. The minimum absolute atomic E-state index is 0.223. The molecule has 0 saturated heterocycles. The van der Waals surface area contributed by atoms with E-state index in [0.29, 0.717) is 0 Å². The van der Waals surface area contributed by atoms with Crippen molar-refractivity contribution in [3.8, 4) is 16.9 Å². The predicted molar refractivity (Wildman–Crippen MR) is 80.5 cm³/mol. The van der Waals surface area contributed by atoms with Crippen molar-refractivity contribution in [3.05, 3.63) is 53.8 Å². The van der Waals surface area contributed by atoms with Crippen LogP contribution in [0, 0.1) is 5.82 Å². The largest absolute Gasteiger partial charge is 0.494 e. The van der Waals surface area contributed by atoms with Gasteiger partial charge in [0, 0.05) is 6.04 Å². The number of ether oxygens (including phenoxy) is 1. The van der Waals surface area contributed by atoms with E-state index >= 15 is 0 Å². The highest BCUT2D eigenvalue weighted by Gasteiger charge is 2.12. The molecule has 0 aliphatic rings. The maximum atomic E-state index is 13.9. The number of rotatable bonds is 5. The molecule has 0 aliphatic carbocycles. The molecule has 2 aromatic rings. The van der Waals surface area contributed by atoms with Gasteiger partial charge >= 0.3 is 0 Å². The highest BCUT2D eigenvalue weighted by molar-refractivity contribution is 5.68. The summed E-state index contributed by atoms with van der Waals surface area (Å²) < 4.78 is 18.8. The molecule has 3 heteroatoms. The van der Waals surface area contributed by atoms with Crippen molar-refractivity contribution >= 4 is 0 Å². The molecular formula is C17H20FNO. The number of halogens is 1. The summed E-state index contributed by atoms with van der Waals surface area (Å²) in [4.78, 5) is 0. The topological polar surface area (TPSA) is 21.3 Å². The maximum Gasteiger partial charge on any atom is 0.165 e. The molecule has 2 nitrogen and oxygen atoms in total. The number of benzene rings is 2. The first-order valence-corrected chi connectivity index (χ1v) is 6.83. The van der Waals surface area contributed by atoms with E-state index in [9.17, 15) is 4.39 Å². The fraction of sp³-hybridized carbons (Fsp3) is 0.294. The molecule has 2 rings (SSSR count). The van der Waals surface area contributed by atoms with Crippen molar-refractivity contribution in [2.45, 2.75) is 19.9 Å². The number of nitrogens with one attached hydrogen (secondary N) is 1. The van der Waals surface area contributed by atoms with Crippen LogP contribution in [0.4, 0.5) is 4.39 Å². The van der Waals surface area contributed by atoms with Gasteiger partial charge in [-0.1, -0.05) is 37.3 Å². The second-order valence-electron chi connectivity index (χ2n) is 4.72. The van der Waals surface area contributed by atoms with Crippen molar-refractivity contribution in [2.24, 2.45) is 0 Å².